The lowest BCUT2D eigenvalue weighted by atomic mass is 10.1. The molecule has 2 aromatic rings. The fourth-order valence-corrected chi connectivity index (χ4v) is 2.74. The average molecular weight is 378 g/mol. The molecule has 5 nitrogen and oxygen atoms in total. The van der Waals surface area contributed by atoms with Crippen molar-refractivity contribution in [2.24, 2.45) is 0 Å². The van der Waals surface area contributed by atoms with Gasteiger partial charge >= 0.3 is 0 Å². The van der Waals surface area contributed by atoms with Crippen LogP contribution in [0.5, 0.6) is 17.2 Å². The zero-order valence-electron chi connectivity index (χ0n) is 15.7. The first kappa shape index (κ1) is 19.9. The van der Waals surface area contributed by atoms with Gasteiger partial charge in [0.15, 0.2) is 18.1 Å². The van der Waals surface area contributed by atoms with Crippen molar-refractivity contribution in [3.05, 3.63) is 52.0 Å². The zero-order valence-corrected chi connectivity index (χ0v) is 16.4. The summed E-state index contributed by atoms with van der Waals surface area (Å²) in [4.78, 5) is 12.2. The van der Waals surface area contributed by atoms with Crippen LogP contribution in [0, 0.1) is 13.8 Å². The van der Waals surface area contributed by atoms with Crippen molar-refractivity contribution in [1.82, 2.24) is 5.32 Å². The van der Waals surface area contributed by atoms with Crippen LogP contribution in [0.3, 0.4) is 0 Å². The molecule has 1 amide bonds. The number of methoxy groups -OCH3 is 2. The Kier molecular flexibility index (Phi) is 6.75. The minimum absolute atomic E-state index is 0.0713. The number of carbonyl (C=O) groups is 1. The van der Waals surface area contributed by atoms with E-state index in [1.807, 2.05) is 51.1 Å². The number of ether oxygens (including phenoxy) is 3. The summed E-state index contributed by atoms with van der Waals surface area (Å²) in [6, 6.07) is 8.99. The van der Waals surface area contributed by atoms with Gasteiger partial charge in [0, 0.05) is 5.02 Å². The van der Waals surface area contributed by atoms with Crippen LogP contribution in [0.25, 0.3) is 0 Å². The predicted octanol–water partition coefficient (Wildman–Crippen LogP) is 4.23. The molecule has 0 fully saturated rings. The van der Waals surface area contributed by atoms with E-state index in [2.05, 4.69) is 5.32 Å². The van der Waals surface area contributed by atoms with Gasteiger partial charge in [-0.05, 0) is 61.7 Å². The lowest BCUT2D eigenvalue weighted by Gasteiger charge is -2.17. The highest BCUT2D eigenvalue weighted by Gasteiger charge is 2.13. The Labute approximate surface area is 159 Å². The second-order valence-corrected chi connectivity index (χ2v) is 6.44. The van der Waals surface area contributed by atoms with Gasteiger partial charge in [-0.2, -0.15) is 0 Å². The minimum Gasteiger partial charge on any atom is -0.493 e. The van der Waals surface area contributed by atoms with Crippen LogP contribution in [0.1, 0.15) is 29.7 Å². The van der Waals surface area contributed by atoms with Gasteiger partial charge in [-0.25, -0.2) is 0 Å². The van der Waals surface area contributed by atoms with Crippen molar-refractivity contribution in [3.63, 3.8) is 0 Å². The number of hydrogen-bond donors (Lipinski definition) is 1. The van der Waals surface area contributed by atoms with Crippen molar-refractivity contribution < 1.29 is 19.0 Å². The number of nitrogens with one attached hydrogen (secondary N) is 1. The van der Waals surface area contributed by atoms with Gasteiger partial charge in [0.05, 0.1) is 20.3 Å². The summed E-state index contributed by atoms with van der Waals surface area (Å²) in [5.74, 6) is 1.68. The highest BCUT2D eigenvalue weighted by molar-refractivity contribution is 6.32. The highest BCUT2D eigenvalue weighted by Crippen LogP contribution is 2.30. The van der Waals surface area contributed by atoms with Crippen LogP contribution in [-0.2, 0) is 4.79 Å². The molecule has 0 aromatic heterocycles. The third kappa shape index (κ3) is 4.82. The summed E-state index contributed by atoms with van der Waals surface area (Å²) < 4.78 is 16.1. The fourth-order valence-electron chi connectivity index (χ4n) is 2.63. The van der Waals surface area contributed by atoms with E-state index < -0.39 is 0 Å². The molecule has 1 atom stereocenters. The molecule has 0 saturated heterocycles. The molecule has 0 radical (unpaired) electrons. The molecule has 0 aliphatic carbocycles. The molecule has 2 rings (SSSR count). The molecule has 0 bridgehead atoms. The number of benzene rings is 2. The molecular weight excluding hydrogens is 354 g/mol. The van der Waals surface area contributed by atoms with Crippen LogP contribution >= 0.6 is 11.6 Å². The maximum atomic E-state index is 12.2. The normalized spacial score (nSPS) is 11.6. The Balaban J connectivity index is 1.97. The summed E-state index contributed by atoms with van der Waals surface area (Å²) in [6.45, 7) is 5.64. The van der Waals surface area contributed by atoms with Crippen LogP contribution in [0.15, 0.2) is 30.3 Å². The molecule has 2 aromatic carbocycles. The molecule has 0 aliphatic heterocycles. The van der Waals surface area contributed by atoms with Gasteiger partial charge in [-0.1, -0.05) is 17.7 Å². The highest BCUT2D eigenvalue weighted by atomic mass is 35.5. The van der Waals surface area contributed by atoms with Crippen molar-refractivity contribution >= 4 is 17.5 Å². The molecule has 0 aliphatic rings. The number of halogens is 1. The summed E-state index contributed by atoms with van der Waals surface area (Å²) in [5.41, 5.74) is 2.75. The smallest absolute Gasteiger partial charge is 0.258 e. The maximum Gasteiger partial charge on any atom is 0.258 e. The van der Waals surface area contributed by atoms with Gasteiger partial charge in [-0.15, -0.1) is 0 Å². The third-order valence-corrected chi connectivity index (χ3v) is 4.66. The number of rotatable bonds is 7. The summed E-state index contributed by atoms with van der Waals surface area (Å²) >= 11 is 6.14. The van der Waals surface area contributed by atoms with Crippen LogP contribution in [0.2, 0.25) is 5.02 Å². The van der Waals surface area contributed by atoms with E-state index >= 15 is 0 Å². The molecule has 0 saturated carbocycles. The summed E-state index contributed by atoms with van der Waals surface area (Å²) in [7, 11) is 3.16. The number of aryl methyl sites for hydroxylation is 2. The molecule has 26 heavy (non-hydrogen) atoms. The van der Waals surface area contributed by atoms with E-state index in [9.17, 15) is 4.79 Å². The van der Waals surface area contributed by atoms with Crippen molar-refractivity contribution in [3.8, 4) is 17.2 Å². The summed E-state index contributed by atoms with van der Waals surface area (Å²) in [6.07, 6.45) is 0. The second-order valence-electron chi connectivity index (χ2n) is 6.06. The van der Waals surface area contributed by atoms with Gasteiger partial charge < -0.3 is 19.5 Å². The third-order valence-electron chi connectivity index (χ3n) is 4.06. The van der Waals surface area contributed by atoms with Crippen LogP contribution in [0.4, 0.5) is 0 Å². The van der Waals surface area contributed by atoms with E-state index in [0.29, 0.717) is 22.3 Å². The number of carbonyl (C=O) groups excluding carboxylic acids is 1. The van der Waals surface area contributed by atoms with Crippen LogP contribution < -0.4 is 19.5 Å². The Morgan fingerprint density at radius 3 is 2.27 bits per heavy atom. The van der Waals surface area contributed by atoms with E-state index in [1.54, 1.807) is 14.2 Å². The van der Waals surface area contributed by atoms with Gasteiger partial charge in [0.25, 0.3) is 5.91 Å². The molecule has 0 heterocycles. The predicted molar refractivity (Wildman–Crippen MR) is 103 cm³/mol. The molecule has 140 valence electrons. The second kappa shape index (κ2) is 8.81. The SMILES string of the molecule is COc1ccc(C(C)NC(=O)COc2cc(C)c(Cl)c(C)c2)cc1OC. The molecule has 6 heteroatoms. The Morgan fingerprint density at radius 2 is 1.69 bits per heavy atom. The first-order valence-electron chi connectivity index (χ1n) is 8.26. The first-order valence-corrected chi connectivity index (χ1v) is 8.64. The lowest BCUT2D eigenvalue weighted by Crippen LogP contribution is -2.31. The lowest BCUT2D eigenvalue weighted by molar-refractivity contribution is -0.123. The topological polar surface area (TPSA) is 56.8 Å². The summed E-state index contributed by atoms with van der Waals surface area (Å²) in [5, 5.41) is 3.62. The Bertz CT molecular complexity index is 768. The minimum atomic E-state index is -0.211. The van der Waals surface area contributed by atoms with Crippen molar-refractivity contribution in [1.29, 1.82) is 0 Å². The number of hydrogen-bond acceptors (Lipinski definition) is 4. The van der Waals surface area contributed by atoms with E-state index in [1.165, 1.54) is 0 Å². The quantitative estimate of drug-likeness (QED) is 0.784. The molecule has 0 spiro atoms. The average Bonchev–Trinajstić information content (AvgIpc) is 2.63. The van der Waals surface area contributed by atoms with Gasteiger partial charge in [-0.3, -0.25) is 4.79 Å². The standard InChI is InChI=1S/C20H24ClNO4/c1-12-8-16(9-13(2)20(12)21)26-11-19(23)22-14(3)15-6-7-17(24-4)18(10-15)25-5/h6-10,14H,11H2,1-5H3,(H,22,23). The zero-order chi connectivity index (χ0) is 19.3. The van der Waals surface area contributed by atoms with Crippen molar-refractivity contribution in [2.45, 2.75) is 26.8 Å². The monoisotopic (exact) mass is 377 g/mol. The van der Waals surface area contributed by atoms with Crippen LogP contribution in [-0.4, -0.2) is 26.7 Å². The fraction of sp³-hybridized carbons (Fsp3) is 0.350. The largest absolute Gasteiger partial charge is 0.493 e. The van der Waals surface area contributed by atoms with Gasteiger partial charge in [0.2, 0.25) is 0 Å². The molecule has 1 N–H and O–H groups in total. The molecule has 1 unspecified atom stereocenters. The Morgan fingerprint density at radius 1 is 1.08 bits per heavy atom. The Hall–Kier alpha value is -2.40. The first-order chi connectivity index (χ1) is 12.3. The van der Waals surface area contributed by atoms with E-state index in [4.69, 9.17) is 25.8 Å². The van der Waals surface area contributed by atoms with E-state index in [0.717, 1.165) is 16.7 Å². The molecular formula is C20H24ClNO4. The number of amides is 1. The van der Waals surface area contributed by atoms with Gasteiger partial charge in [0.1, 0.15) is 5.75 Å². The van der Waals surface area contributed by atoms with Crippen molar-refractivity contribution in [2.75, 3.05) is 20.8 Å². The van der Waals surface area contributed by atoms with E-state index in [-0.39, 0.29) is 18.6 Å². The maximum absolute atomic E-state index is 12.2.